The zero-order chi connectivity index (χ0) is 21.1. The highest BCUT2D eigenvalue weighted by molar-refractivity contribution is 7.89. The minimum absolute atomic E-state index is 0.0280. The molecule has 30 heavy (non-hydrogen) atoms. The average Bonchev–Trinajstić information content (AvgIpc) is 3.16. The molecule has 9 heteroatoms. The summed E-state index contributed by atoms with van der Waals surface area (Å²) in [5, 5.41) is 0.0280. The first-order valence-corrected chi connectivity index (χ1v) is 10.9. The molecule has 0 bridgehead atoms. The van der Waals surface area contributed by atoms with E-state index in [1.54, 1.807) is 0 Å². The van der Waals surface area contributed by atoms with Crippen LogP contribution in [0.4, 0.5) is 0 Å². The van der Waals surface area contributed by atoms with Gasteiger partial charge in [-0.15, -0.1) is 0 Å². The van der Waals surface area contributed by atoms with Crippen LogP contribution in [0.25, 0.3) is 11.0 Å². The van der Waals surface area contributed by atoms with Crippen LogP contribution in [0.3, 0.4) is 0 Å². The zero-order valence-electron chi connectivity index (χ0n) is 15.6. The summed E-state index contributed by atoms with van der Waals surface area (Å²) in [6.07, 6.45) is 1.48. The van der Waals surface area contributed by atoms with Gasteiger partial charge in [0.15, 0.2) is 0 Å². The van der Waals surface area contributed by atoms with Gasteiger partial charge >= 0.3 is 0 Å². The second-order valence-corrected chi connectivity index (χ2v) is 8.64. The number of hydrogen-bond acceptors (Lipinski definition) is 4. The number of imidazole rings is 1. The van der Waals surface area contributed by atoms with Gasteiger partial charge in [0, 0.05) is 12.1 Å². The number of benzene rings is 3. The number of fused-ring (bicyclic) bond motifs is 1. The molecule has 3 aromatic carbocycles. The molecule has 1 aromatic heterocycles. The number of nitrogens with zero attached hydrogens (tertiary/aromatic N) is 2. The topological polar surface area (TPSA) is 93.1 Å². The second-order valence-electron chi connectivity index (χ2n) is 6.50. The van der Waals surface area contributed by atoms with Gasteiger partial charge in [-0.1, -0.05) is 54.1 Å². The molecule has 0 aliphatic heterocycles. The highest BCUT2D eigenvalue weighted by Gasteiger charge is 2.20. The Morgan fingerprint density at radius 1 is 1.00 bits per heavy atom. The van der Waals surface area contributed by atoms with E-state index in [0.29, 0.717) is 0 Å². The number of amides is 1. The summed E-state index contributed by atoms with van der Waals surface area (Å²) in [6, 6.07) is 20.5. The maximum atomic E-state index is 12.8. The van der Waals surface area contributed by atoms with Crippen LogP contribution in [0.15, 0.2) is 84.0 Å². The average molecular weight is 441 g/mol. The maximum Gasteiger partial charge on any atom is 0.270 e. The van der Waals surface area contributed by atoms with E-state index < -0.39 is 15.9 Å². The summed E-state index contributed by atoms with van der Waals surface area (Å²) >= 11 is 6.12. The van der Waals surface area contributed by atoms with E-state index in [2.05, 4.69) is 15.1 Å². The first-order chi connectivity index (χ1) is 14.4. The number of aromatic nitrogens is 2. The number of sulfonamides is 1. The van der Waals surface area contributed by atoms with Crippen molar-refractivity contribution < 1.29 is 13.2 Å². The number of nitrogens with one attached hydrogen (secondary N) is 2. The summed E-state index contributed by atoms with van der Waals surface area (Å²) in [6.45, 7) is 0.108. The Morgan fingerprint density at radius 3 is 2.53 bits per heavy atom. The summed E-state index contributed by atoms with van der Waals surface area (Å²) < 4.78 is 29.5. The van der Waals surface area contributed by atoms with Crippen LogP contribution in [-0.4, -0.2) is 24.0 Å². The Labute approximate surface area is 178 Å². The SMILES string of the molecule is O=C(Nn1cnc2ccccc21)c1ccc(Cl)c(S(=O)(=O)NCc2ccccc2)c1. The molecule has 0 aliphatic carbocycles. The number of para-hydroxylation sites is 2. The van der Waals surface area contributed by atoms with Crippen LogP contribution < -0.4 is 10.1 Å². The van der Waals surface area contributed by atoms with Crippen molar-refractivity contribution in [3.63, 3.8) is 0 Å². The van der Waals surface area contributed by atoms with Crippen molar-refractivity contribution in [3.05, 3.63) is 95.3 Å². The highest BCUT2D eigenvalue weighted by atomic mass is 35.5. The lowest BCUT2D eigenvalue weighted by Crippen LogP contribution is -2.25. The van der Waals surface area contributed by atoms with Crippen molar-refractivity contribution in [1.29, 1.82) is 0 Å². The molecule has 2 N–H and O–H groups in total. The lowest BCUT2D eigenvalue weighted by Gasteiger charge is -2.11. The summed E-state index contributed by atoms with van der Waals surface area (Å²) in [7, 11) is -3.92. The van der Waals surface area contributed by atoms with E-state index in [1.165, 1.54) is 29.2 Å². The van der Waals surface area contributed by atoms with Gasteiger partial charge in [0.05, 0.1) is 16.1 Å². The van der Waals surface area contributed by atoms with Crippen molar-refractivity contribution in [3.8, 4) is 0 Å². The quantitative estimate of drug-likeness (QED) is 0.479. The predicted octanol–water partition coefficient (Wildman–Crippen LogP) is 3.55. The number of halogens is 1. The van der Waals surface area contributed by atoms with E-state index in [4.69, 9.17) is 11.6 Å². The summed E-state index contributed by atoms with van der Waals surface area (Å²) in [5.74, 6) is -0.491. The second kappa shape index (κ2) is 8.27. The van der Waals surface area contributed by atoms with Gasteiger partial charge in [-0.2, -0.15) is 0 Å². The Bertz CT molecular complexity index is 1320. The lowest BCUT2D eigenvalue weighted by molar-refractivity contribution is 0.101. The molecular formula is C21H17ClN4O3S. The Balaban J connectivity index is 1.57. The van der Waals surface area contributed by atoms with E-state index in [0.717, 1.165) is 16.6 Å². The Kier molecular flexibility index (Phi) is 5.54. The Hall–Kier alpha value is -3.20. The largest absolute Gasteiger partial charge is 0.270 e. The molecule has 7 nitrogen and oxygen atoms in total. The summed E-state index contributed by atoms with van der Waals surface area (Å²) in [4.78, 5) is 16.8. The predicted molar refractivity (Wildman–Crippen MR) is 115 cm³/mol. The third-order valence-corrected chi connectivity index (χ3v) is 6.35. The molecule has 0 atom stereocenters. The summed E-state index contributed by atoms with van der Waals surface area (Å²) in [5.41, 5.74) is 5.09. The van der Waals surface area contributed by atoms with Gasteiger partial charge in [0.25, 0.3) is 5.91 Å². The van der Waals surface area contributed by atoms with Crippen molar-refractivity contribution >= 4 is 38.6 Å². The number of carbonyl (C=O) groups excluding carboxylic acids is 1. The third kappa shape index (κ3) is 4.20. The van der Waals surface area contributed by atoms with Gasteiger partial charge in [-0.05, 0) is 35.9 Å². The minimum Gasteiger partial charge on any atom is -0.267 e. The van der Waals surface area contributed by atoms with Gasteiger partial charge in [0.2, 0.25) is 10.0 Å². The molecule has 0 spiro atoms. The van der Waals surface area contributed by atoms with Crippen LogP contribution >= 0.6 is 11.6 Å². The van der Waals surface area contributed by atoms with Gasteiger partial charge in [0.1, 0.15) is 11.2 Å². The fourth-order valence-electron chi connectivity index (χ4n) is 2.92. The van der Waals surface area contributed by atoms with Crippen molar-refractivity contribution in [1.82, 2.24) is 14.4 Å². The molecule has 4 aromatic rings. The first-order valence-electron chi connectivity index (χ1n) is 9.01. The fraction of sp³-hybridized carbons (Fsp3) is 0.0476. The van der Waals surface area contributed by atoms with Crippen LogP contribution in [0.2, 0.25) is 5.02 Å². The van der Waals surface area contributed by atoms with Gasteiger partial charge < -0.3 is 0 Å². The number of rotatable bonds is 6. The zero-order valence-corrected chi connectivity index (χ0v) is 17.2. The molecule has 0 aliphatic rings. The van der Waals surface area contributed by atoms with Crippen molar-refractivity contribution in [2.45, 2.75) is 11.4 Å². The molecular weight excluding hydrogens is 424 g/mol. The Morgan fingerprint density at radius 2 is 1.73 bits per heavy atom. The lowest BCUT2D eigenvalue weighted by atomic mass is 10.2. The molecule has 1 amide bonds. The molecule has 0 unspecified atom stereocenters. The van der Waals surface area contributed by atoms with Crippen molar-refractivity contribution in [2.24, 2.45) is 0 Å². The van der Waals surface area contributed by atoms with Crippen LogP contribution in [0.5, 0.6) is 0 Å². The number of carbonyl (C=O) groups is 1. The molecule has 1 heterocycles. The third-order valence-electron chi connectivity index (χ3n) is 4.47. The van der Waals surface area contributed by atoms with Gasteiger partial charge in [-0.25, -0.2) is 22.8 Å². The standard InChI is InChI=1S/C21H17ClN4O3S/c22-17-11-10-16(21(27)25-26-14-23-18-8-4-5-9-19(18)26)12-20(17)30(28,29)24-13-15-6-2-1-3-7-15/h1-12,14,24H,13H2,(H,25,27). The monoisotopic (exact) mass is 440 g/mol. The highest BCUT2D eigenvalue weighted by Crippen LogP contribution is 2.23. The first kappa shape index (κ1) is 20.1. The van der Waals surface area contributed by atoms with E-state index in [9.17, 15) is 13.2 Å². The molecule has 0 fully saturated rings. The fourth-order valence-corrected chi connectivity index (χ4v) is 4.47. The smallest absolute Gasteiger partial charge is 0.267 e. The van der Waals surface area contributed by atoms with Gasteiger partial charge in [-0.3, -0.25) is 10.2 Å². The van der Waals surface area contributed by atoms with E-state index in [1.807, 2.05) is 54.6 Å². The molecule has 4 rings (SSSR count). The van der Waals surface area contributed by atoms with Crippen LogP contribution in [-0.2, 0) is 16.6 Å². The van der Waals surface area contributed by atoms with E-state index in [-0.39, 0.29) is 22.0 Å². The van der Waals surface area contributed by atoms with E-state index >= 15 is 0 Å². The number of hydrogen-bond donors (Lipinski definition) is 2. The normalized spacial score (nSPS) is 11.5. The molecule has 0 radical (unpaired) electrons. The molecule has 152 valence electrons. The minimum atomic E-state index is -3.92. The molecule has 0 saturated carbocycles. The van der Waals surface area contributed by atoms with Crippen LogP contribution in [0, 0.1) is 0 Å². The molecule has 0 saturated heterocycles. The van der Waals surface area contributed by atoms with Crippen LogP contribution in [0.1, 0.15) is 15.9 Å². The van der Waals surface area contributed by atoms with Crippen molar-refractivity contribution in [2.75, 3.05) is 5.43 Å². The maximum absolute atomic E-state index is 12.8.